The number of ether oxygens (including phenoxy) is 2. The third-order valence-corrected chi connectivity index (χ3v) is 10.8. The molecule has 2 aliphatic rings. The number of amides is 2. The minimum absolute atomic E-state index is 0.0767. The fraction of sp³-hybridized carbons (Fsp3) is 0.485. The van der Waals surface area contributed by atoms with Crippen LogP contribution in [0.15, 0.2) is 41.3 Å². The smallest absolute Gasteiger partial charge is 0.410 e. The third-order valence-electron chi connectivity index (χ3n) is 8.36. The van der Waals surface area contributed by atoms with Gasteiger partial charge in [-0.25, -0.2) is 18.2 Å². The summed E-state index contributed by atoms with van der Waals surface area (Å²) < 4.78 is 42.2. The number of aromatic nitrogens is 1. The maximum absolute atomic E-state index is 13.9. The number of aryl methyl sites for hydroxylation is 2. The number of carbonyl (C=O) groups is 2. The number of halogens is 2. The molecule has 1 N–H and O–H groups in total. The average Bonchev–Trinajstić information content (AvgIpc) is 3.44. The van der Waals surface area contributed by atoms with Crippen LogP contribution < -0.4 is 9.46 Å². The van der Waals surface area contributed by atoms with Gasteiger partial charge in [0.2, 0.25) is 15.9 Å². The van der Waals surface area contributed by atoms with Gasteiger partial charge < -0.3 is 19.3 Å². The Morgan fingerprint density at radius 1 is 1.00 bits per heavy atom. The quantitative estimate of drug-likeness (QED) is 0.305. The van der Waals surface area contributed by atoms with Crippen molar-refractivity contribution in [1.82, 2.24) is 19.5 Å². The Morgan fingerprint density at radius 3 is 2.30 bits per heavy atom. The van der Waals surface area contributed by atoms with Gasteiger partial charge in [0.1, 0.15) is 33.9 Å². The van der Waals surface area contributed by atoms with Crippen molar-refractivity contribution in [3.8, 4) is 5.75 Å². The highest BCUT2D eigenvalue weighted by atomic mass is 35.5. The molecule has 1 saturated heterocycles. The molecule has 2 fully saturated rings. The number of rotatable bonds is 7. The molecule has 13 heteroatoms. The van der Waals surface area contributed by atoms with Gasteiger partial charge in [-0.15, -0.1) is 0 Å². The molecule has 2 aromatic carbocycles. The molecule has 0 unspecified atom stereocenters. The summed E-state index contributed by atoms with van der Waals surface area (Å²) in [6.45, 7) is 10.3. The van der Waals surface area contributed by atoms with E-state index in [-0.39, 0.29) is 40.5 Å². The van der Waals surface area contributed by atoms with E-state index in [1.165, 1.54) is 12.1 Å². The number of nitrogens with zero attached hydrogens (tertiary/aromatic N) is 3. The first-order valence-electron chi connectivity index (χ1n) is 15.4. The van der Waals surface area contributed by atoms with Gasteiger partial charge in [0.15, 0.2) is 0 Å². The Hall–Kier alpha value is -3.12. The van der Waals surface area contributed by atoms with Crippen LogP contribution in [-0.2, 0) is 26.2 Å². The van der Waals surface area contributed by atoms with Gasteiger partial charge in [-0.3, -0.25) is 4.79 Å². The summed E-state index contributed by atoms with van der Waals surface area (Å²) in [5.41, 5.74) is 0.942. The van der Waals surface area contributed by atoms with Gasteiger partial charge in [0, 0.05) is 47.8 Å². The summed E-state index contributed by atoms with van der Waals surface area (Å²) in [5, 5.41) is 1.12. The number of fused-ring (bicyclic) bond motifs is 1. The Labute approximate surface area is 280 Å². The summed E-state index contributed by atoms with van der Waals surface area (Å²) in [6, 6.07) is 10.4. The van der Waals surface area contributed by atoms with Crippen molar-refractivity contribution < 1.29 is 27.5 Å². The second kappa shape index (κ2) is 13.2. The molecule has 1 aliphatic carbocycles. The van der Waals surface area contributed by atoms with Gasteiger partial charge in [0.25, 0.3) is 0 Å². The zero-order chi connectivity index (χ0) is 33.4. The SMILES string of the molecule is Cc1cc(C)c2cccc(OCc3c(Cl)ccc(S(=O)(=O)NC4(C(=O)N5CCN(C(=O)OC(C)(C)C)CC5)CCCC4)c3Cl)c2n1. The number of pyridine rings is 1. The largest absolute Gasteiger partial charge is 0.487 e. The van der Waals surface area contributed by atoms with Crippen molar-refractivity contribution in [1.29, 1.82) is 0 Å². The van der Waals surface area contributed by atoms with Crippen molar-refractivity contribution in [3.05, 3.63) is 63.3 Å². The molecule has 1 aliphatic heterocycles. The van der Waals surface area contributed by atoms with E-state index in [0.717, 1.165) is 16.6 Å². The molecule has 2 amide bonds. The number of piperazine rings is 1. The Bertz CT molecular complexity index is 1760. The second-order valence-corrected chi connectivity index (χ2v) is 15.4. The van der Waals surface area contributed by atoms with E-state index >= 15 is 0 Å². The summed E-state index contributed by atoms with van der Waals surface area (Å²) in [4.78, 5) is 34.1. The van der Waals surface area contributed by atoms with Gasteiger partial charge >= 0.3 is 6.09 Å². The van der Waals surface area contributed by atoms with Crippen LogP contribution >= 0.6 is 23.2 Å². The third kappa shape index (κ3) is 7.22. The highest BCUT2D eigenvalue weighted by Crippen LogP contribution is 2.37. The Balaban J connectivity index is 1.34. The van der Waals surface area contributed by atoms with Crippen molar-refractivity contribution in [3.63, 3.8) is 0 Å². The number of nitrogens with one attached hydrogen (secondary N) is 1. The number of sulfonamides is 1. The lowest BCUT2D eigenvalue weighted by Crippen LogP contribution is -2.61. The Kier molecular flexibility index (Phi) is 9.80. The van der Waals surface area contributed by atoms with Crippen LogP contribution in [0.2, 0.25) is 10.0 Å². The summed E-state index contributed by atoms with van der Waals surface area (Å²) in [6.07, 6.45) is 1.65. The molecular weight excluding hydrogens is 651 g/mol. The van der Waals surface area contributed by atoms with Crippen LogP contribution in [0.4, 0.5) is 4.79 Å². The molecule has 46 heavy (non-hydrogen) atoms. The highest BCUT2D eigenvalue weighted by Gasteiger charge is 2.47. The van der Waals surface area contributed by atoms with Gasteiger partial charge in [-0.1, -0.05) is 48.2 Å². The normalized spacial score (nSPS) is 16.9. The molecule has 2 heterocycles. The van der Waals surface area contributed by atoms with E-state index in [9.17, 15) is 18.0 Å². The lowest BCUT2D eigenvalue weighted by molar-refractivity contribution is -0.139. The van der Waals surface area contributed by atoms with E-state index in [1.807, 2.05) is 32.0 Å². The predicted molar refractivity (Wildman–Crippen MR) is 178 cm³/mol. The molecule has 5 rings (SSSR count). The number of para-hydroxylation sites is 1. The van der Waals surface area contributed by atoms with Crippen LogP contribution in [0.25, 0.3) is 10.9 Å². The lowest BCUT2D eigenvalue weighted by atomic mass is 9.96. The first kappa shape index (κ1) is 34.2. The van der Waals surface area contributed by atoms with E-state index < -0.39 is 27.3 Å². The Morgan fingerprint density at radius 2 is 1.65 bits per heavy atom. The van der Waals surface area contributed by atoms with Gasteiger partial charge in [-0.2, -0.15) is 4.72 Å². The second-order valence-electron chi connectivity index (χ2n) is 13.0. The predicted octanol–water partition coefficient (Wildman–Crippen LogP) is 6.41. The van der Waals surface area contributed by atoms with E-state index in [0.29, 0.717) is 55.6 Å². The van der Waals surface area contributed by atoms with E-state index in [1.54, 1.807) is 36.6 Å². The molecule has 0 bridgehead atoms. The maximum Gasteiger partial charge on any atom is 0.410 e. The number of hydrogen-bond donors (Lipinski definition) is 1. The fourth-order valence-electron chi connectivity index (χ4n) is 6.11. The average molecular weight is 692 g/mol. The van der Waals surface area contributed by atoms with Crippen LogP contribution in [0.5, 0.6) is 5.75 Å². The molecule has 10 nitrogen and oxygen atoms in total. The van der Waals surface area contributed by atoms with Crippen LogP contribution in [0, 0.1) is 13.8 Å². The summed E-state index contributed by atoms with van der Waals surface area (Å²) in [5.74, 6) is 0.213. The van der Waals surface area contributed by atoms with Gasteiger partial charge in [0.05, 0.1) is 5.02 Å². The van der Waals surface area contributed by atoms with Crippen LogP contribution in [-0.4, -0.2) is 72.5 Å². The maximum atomic E-state index is 13.9. The van der Waals surface area contributed by atoms with Crippen LogP contribution in [0.1, 0.15) is 63.3 Å². The number of hydrogen-bond acceptors (Lipinski definition) is 7. The first-order chi connectivity index (χ1) is 21.6. The minimum atomic E-state index is -4.27. The standard InChI is InChI=1S/C33H40Cl2N4O6S/c1-21-19-22(2)36-29-23(21)9-8-10-26(29)44-20-24-25(34)11-12-27(28(24)35)46(42,43)37-33(13-6-7-14-33)30(40)38-15-17-39(18-16-38)31(41)45-32(3,4)5/h8-12,19,37H,6-7,13-18,20H2,1-5H3. The topological polar surface area (TPSA) is 118 Å². The first-order valence-corrected chi connectivity index (χ1v) is 17.6. The minimum Gasteiger partial charge on any atom is -0.487 e. The monoisotopic (exact) mass is 690 g/mol. The molecule has 0 atom stereocenters. The zero-order valence-corrected chi connectivity index (χ0v) is 29.1. The molecule has 3 aromatic rings. The van der Waals surface area contributed by atoms with Crippen molar-refractivity contribution in [2.45, 2.75) is 82.9 Å². The molecule has 0 radical (unpaired) electrons. The van der Waals surface area contributed by atoms with E-state index in [4.69, 9.17) is 32.7 Å². The van der Waals surface area contributed by atoms with Gasteiger partial charge in [-0.05, 0) is 77.3 Å². The molecule has 1 saturated carbocycles. The summed E-state index contributed by atoms with van der Waals surface area (Å²) in [7, 11) is -4.27. The van der Waals surface area contributed by atoms with Crippen molar-refractivity contribution >= 4 is 56.1 Å². The molecular formula is C33H40Cl2N4O6S. The number of carbonyl (C=O) groups excluding carboxylic acids is 2. The zero-order valence-electron chi connectivity index (χ0n) is 26.8. The summed E-state index contributed by atoms with van der Waals surface area (Å²) >= 11 is 13.3. The van der Waals surface area contributed by atoms with Crippen molar-refractivity contribution in [2.75, 3.05) is 26.2 Å². The van der Waals surface area contributed by atoms with E-state index in [2.05, 4.69) is 9.71 Å². The number of benzene rings is 2. The highest BCUT2D eigenvalue weighted by molar-refractivity contribution is 7.89. The van der Waals surface area contributed by atoms with Crippen LogP contribution in [0.3, 0.4) is 0 Å². The molecule has 0 spiro atoms. The lowest BCUT2D eigenvalue weighted by Gasteiger charge is -2.40. The van der Waals surface area contributed by atoms with Crippen molar-refractivity contribution in [2.24, 2.45) is 0 Å². The molecule has 248 valence electrons. The molecule has 1 aromatic heterocycles. The fourth-order valence-corrected chi connectivity index (χ4v) is 8.42.